The normalized spacial score (nSPS) is 17.7. The number of piperidine rings is 1. The Kier molecular flexibility index (Phi) is 5.71. The second-order valence-electron chi connectivity index (χ2n) is 7.59. The average molecular weight is 381 g/mol. The van der Waals surface area contributed by atoms with Gasteiger partial charge in [0.25, 0.3) is 0 Å². The van der Waals surface area contributed by atoms with E-state index in [1.54, 1.807) is 12.5 Å². The van der Waals surface area contributed by atoms with Crippen molar-refractivity contribution in [3.63, 3.8) is 0 Å². The molecule has 0 radical (unpaired) electrons. The summed E-state index contributed by atoms with van der Waals surface area (Å²) in [7, 11) is 0. The van der Waals surface area contributed by atoms with E-state index in [0.717, 1.165) is 36.7 Å². The summed E-state index contributed by atoms with van der Waals surface area (Å²) in [6.07, 6.45) is 7.14. The molecule has 28 heavy (non-hydrogen) atoms. The molecule has 7 nitrogen and oxygen atoms in total. The molecule has 4 rings (SSSR count). The first-order chi connectivity index (χ1) is 13.7. The number of furan rings is 1. The van der Waals surface area contributed by atoms with Gasteiger partial charge in [-0.2, -0.15) is 0 Å². The Morgan fingerprint density at radius 3 is 3.00 bits per heavy atom. The molecule has 0 bridgehead atoms. The Balaban J connectivity index is 1.43. The van der Waals surface area contributed by atoms with Gasteiger partial charge >= 0.3 is 0 Å². The topological polar surface area (TPSA) is 80.2 Å². The fourth-order valence-electron chi connectivity index (χ4n) is 3.73. The van der Waals surface area contributed by atoms with Crippen LogP contribution in [-0.4, -0.2) is 46.2 Å². The maximum atomic E-state index is 5.57. The number of aromatic nitrogens is 3. The molecule has 1 fully saturated rings. The molecule has 0 saturated carbocycles. The Morgan fingerprint density at radius 1 is 1.32 bits per heavy atom. The number of rotatable bonds is 7. The molecule has 0 aliphatic carbocycles. The SMILES string of the molecule is Cc1cc(-c2cnc(NCCCN3CCC[C@@H](C)C3)nc2-c2ccco2)on1. The van der Waals surface area contributed by atoms with Crippen LogP contribution >= 0.6 is 0 Å². The van der Waals surface area contributed by atoms with Gasteiger partial charge in [-0.05, 0) is 57.3 Å². The lowest BCUT2D eigenvalue weighted by Gasteiger charge is -2.30. The number of likely N-dealkylation sites (tertiary alicyclic amines) is 1. The highest BCUT2D eigenvalue weighted by Gasteiger charge is 2.18. The predicted molar refractivity (Wildman–Crippen MR) is 108 cm³/mol. The van der Waals surface area contributed by atoms with Gasteiger partial charge in [0.1, 0.15) is 5.69 Å². The monoisotopic (exact) mass is 381 g/mol. The number of hydrogen-bond acceptors (Lipinski definition) is 7. The number of aryl methyl sites for hydroxylation is 1. The minimum absolute atomic E-state index is 0.596. The van der Waals surface area contributed by atoms with E-state index in [0.29, 0.717) is 23.2 Å². The molecule has 7 heteroatoms. The smallest absolute Gasteiger partial charge is 0.223 e. The Morgan fingerprint density at radius 2 is 2.25 bits per heavy atom. The molecule has 3 aromatic heterocycles. The van der Waals surface area contributed by atoms with Crippen LogP contribution in [0.5, 0.6) is 0 Å². The van der Waals surface area contributed by atoms with Crippen LogP contribution in [0.4, 0.5) is 5.95 Å². The Hall–Kier alpha value is -2.67. The van der Waals surface area contributed by atoms with Crippen molar-refractivity contribution in [2.75, 3.05) is 31.5 Å². The van der Waals surface area contributed by atoms with Gasteiger partial charge in [0.2, 0.25) is 5.95 Å². The molecule has 1 aliphatic rings. The van der Waals surface area contributed by atoms with Crippen LogP contribution in [0.3, 0.4) is 0 Å². The highest BCUT2D eigenvalue weighted by molar-refractivity contribution is 5.75. The standard InChI is InChI=1S/C21H27N5O2/c1-15-6-3-9-26(14-15)10-5-8-22-21-23-13-17(19-12-16(2)25-28-19)20(24-21)18-7-4-11-27-18/h4,7,11-13,15H,3,5-6,8-10,14H2,1-2H3,(H,22,23,24)/t15-/m1/s1. The summed E-state index contributed by atoms with van der Waals surface area (Å²) in [6, 6.07) is 5.60. The third-order valence-electron chi connectivity index (χ3n) is 5.11. The molecule has 3 aromatic rings. The lowest BCUT2D eigenvalue weighted by Crippen LogP contribution is -2.35. The summed E-state index contributed by atoms with van der Waals surface area (Å²) in [5, 5.41) is 7.31. The molecule has 0 spiro atoms. The molecule has 0 amide bonds. The van der Waals surface area contributed by atoms with Crippen molar-refractivity contribution in [1.29, 1.82) is 0 Å². The fourth-order valence-corrected chi connectivity index (χ4v) is 3.73. The van der Waals surface area contributed by atoms with E-state index in [1.165, 1.54) is 25.9 Å². The molecule has 0 unspecified atom stereocenters. The zero-order valence-electron chi connectivity index (χ0n) is 16.5. The average Bonchev–Trinajstić information content (AvgIpc) is 3.37. The zero-order valence-corrected chi connectivity index (χ0v) is 16.5. The first-order valence-electron chi connectivity index (χ1n) is 10.00. The molecule has 148 valence electrons. The van der Waals surface area contributed by atoms with Crippen LogP contribution in [0.25, 0.3) is 22.8 Å². The molecule has 0 aromatic carbocycles. The maximum absolute atomic E-state index is 5.57. The Labute approximate surface area is 165 Å². The lowest BCUT2D eigenvalue weighted by molar-refractivity contribution is 0.183. The van der Waals surface area contributed by atoms with Gasteiger partial charge < -0.3 is 19.2 Å². The van der Waals surface area contributed by atoms with Crippen LogP contribution in [0.1, 0.15) is 31.9 Å². The molecule has 4 heterocycles. The number of nitrogens with one attached hydrogen (secondary N) is 1. The molecule has 1 N–H and O–H groups in total. The summed E-state index contributed by atoms with van der Waals surface area (Å²) in [6.45, 7) is 8.60. The minimum atomic E-state index is 0.596. The third-order valence-corrected chi connectivity index (χ3v) is 5.11. The van der Waals surface area contributed by atoms with Crippen molar-refractivity contribution in [3.8, 4) is 22.8 Å². The first-order valence-corrected chi connectivity index (χ1v) is 10.00. The van der Waals surface area contributed by atoms with E-state index in [-0.39, 0.29) is 0 Å². The van der Waals surface area contributed by atoms with E-state index in [2.05, 4.69) is 32.3 Å². The number of nitrogens with zero attached hydrogens (tertiary/aromatic N) is 4. The second-order valence-corrected chi connectivity index (χ2v) is 7.59. The fraction of sp³-hybridized carbons (Fsp3) is 0.476. The molecule has 1 saturated heterocycles. The van der Waals surface area contributed by atoms with Gasteiger partial charge in [0, 0.05) is 25.4 Å². The van der Waals surface area contributed by atoms with Gasteiger partial charge in [-0.25, -0.2) is 9.97 Å². The summed E-state index contributed by atoms with van der Waals surface area (Å²) in [4.78, 5) is 11.7. The van der Waals surface area contributed by atoms with Gasteiger partial charge in [-0.3, -0.25) is 0 Å². The molecule has 1 atom stereocenters. The quantitative estimate of drug-likeness (QED) is 0.613. The lowest BCUT2D eigenvalue weighted by atomic mass is 10.0. The number of anilines is 1. The van der Waals surface area contributed by atoms with Crippen LogP contribution in [0, 0.1) is 12.8 Å². The van der Waals surface area contributed by atoms with Crippen LogP contribution < -0.4 is 5.32 Å². The zero-order chi connectivity index (χ0) is 19.3. The van der Waals surface area contributed by atoms with Crippen molar-refractivity contribution >= 4 is 5.95 Å². The van der Waals surface area contributed by atoms with E-state index in [1.807, 2.05) is 25.1 Å². The summed E-state index contributed by atoms with van der Waals surface area (Å²) in [5.41, 5.74) is 2.28. The minimum Gasteiger partial charge on any atom is -0.463 e. The van der Waals surface area contributed by atoms with Gasteiger partial charge in [0.15, 0.2) is 11.5 Å². The van der Waals surface area contributed by atoms with E-state index in [9.17, 15) is 0 Å². The van der Waals surface area contributed by atoms with Crippen molar-refractivity contribution in [3.05, 3.63) is 36.4 Å². The maximum Gasteiger partial charge on any atom is 0.223 e. The second kappa shape index (κ2) is 8.56. The number of hydrogen-bond donors (Lipinski definition) is 1. The highest BCUT2D eigenvalue weighted by atomic mass is 16.5. The molecule has 1 aliphatic heterocycles. The van der Waals surface area contributed by atoms with E-state index in [4.69, 9.17) is 8.94 Å². The van der Waals surface area contributed by atoms with Crippen molar-refractivity contribution in [1.82, 2.24) is 20.0 Å². The largest absolute Gasteiger partial charge is 0.463 e. The van der Waals surface area contributed by atoms with E-state index >= 15 is 0 Å². The van der Waals surface area contributed by atoms with Crippen molar-refractivity contribution in [2.24, 2.45) is 5.92 Å². The summed E-state index contributed by atoms with van der Waals surface area (Å²) >= 11 is 0. The van der Waals surface area contributed by atoms with Gasteiger partial charge in [-0.1, -0.05) is 12.1 Å². The van der Waals surface area contributed by atoms with Gasteiger partial charge in [-0.15, -0.1) is 0 Å². The predicted octanol–water partition coefficient (Wildman–Crippen LogP) is 4.23. The molecular formula is C21H27N5O2. The summed E-state index contributed by atoms with van der Waals surface area (Å²) < 4.78 is 11.0. The molecular weight excluding hydrogens is 354 g/mol. The van der Waals surface area contributed by atoms with Crippen molar-refractivity contribution in [2.45, 2.75) is 33.1 Å². The third kappa shape index (κ3) is 4.42. The highest BCUT2D eigenvalue weighted by Crippen LogP contribution is 2.31. The Bertz CT molecular complexity index is 890. The first kappa shape index (κ1) is 18.7. The van der Waals surface area contributed by atoms with Crippen LogP contribution in [0.15, 0.2) is 39.6 Å². The van der Waals surface area contributed by atoms with E-state index < -0.39 is 0 Å². The van der Waals surface area contributed by atoms with Gasteiger partial charge in [0.05, 0.1) is 17.5 Å². The van der Waals surface area contributed by atoms with Crippen LogP contribution in [0.2, 0.25) is 0 Å². The van der Waals surface area contributed by atoms with Crippen LogP contribution in [-0.2, 0) is 0 Å². The summed E-state index contributed by atoms with van der Waals surface area (Å²) in [5.74, 6) is 2.72. The van der Waals surface area contributed by atoms with Crippen molar-refractivity contribution < 1.29 is 8.94 Å².